The van der Waals surface area contributed by atoms with Crippen LogP contribution in [-0.2, 0) is 0 Å². The molecule has 0 aliphatic carbocycles. The predicted molar refractivity (Wildman–Crippen MR) is 79.4 cm³/mol. The lowest BCUT2D eigenvalue weighted by atomic mass is 9.99. The van der Waals surface area contributed by atoms with Gasteiger partial charge < -0.3 is 14.8 Å². The van der Waals surface area contributed by atoms with Crippen molar-refractivity contribution in [1.82, 2.24) is 10.3 Å². The van der Waals surface area contributed by atoms with Crippen molar-refractivity contribution in [1.29, 1.82) is 0 Å². The Morgan fingerprint density at radius 3 is 2.45 bits per heavy atom. The van der Waals surface area contributed by atoms with Crippen molar-refractivity contribution >= 4 is 0 Å². The molecule has 0 amide bonds. The fourth-order valence-electron chi connectivity index (χ4n) is 2.22. The molecule has 1 N–H and O–H groups in total. The van der Waals surface area contributed by atoms with E-state index in [0.29, 0.717) is 0 Å². The Morgan fingerprint density at radius 1 is 1.10 bits per heavy atom. The van der Waals surface area contributed by atoms with E-state index >= 15 is 0 Å². The summed E-state index contributed by atoms with van der Waals surface area (Å²) >= 11 is 0. The molecule has 0 bridgehead atoms. The highest BCUT2D eigenvalue weighted by molar-refractivity contribution is 5.45. The lowest BCUT2D eigenvalue weighted by molar-refractivity contribution is 0.395. The van der Waals surface area contributed by atoms with Crippen LogP contribution in [-0.4, -0.2) is 26.3 Å². The minimum Gasteiger partial charge on any atom is -0.497 e. The van der Waals surface area contributed by atoms with Crippen LogP contribution in [0.3, 0.4) is 0 Å². The van der Waals surface area contributed by atoms with E-state index in [9.17, 15) is 0 Å². The normalized spacial score (nSPS) is 12.0. The molecule has 4 heteroatoms. The van der Waals surface area contributed by atoms with Gasteiger partial charge in [-0.25, -0.2) is 0 Å². The molecule has 1 atom stereocenters. The monoisotopic (exact) mass is 272 g/mol. The predicted octanol–water partition coefficient (Wildman–Crippen LogP) is 2.72. The summed E-state index contributed by atoms with van der Waals surface area (Å²) in [5.41, 5.74) is 3.12. The molecular weight excluding hydrogens is 252 g/mol. The first kappa shape index (κ1) is 14.3. The molecule has 0 saturated heterocycles. The van der Waals surface area contributed by atoms with Crippen LogP contribution < -0.4 is 14.8 Å². The van der Waals surface area contributed by atoms with Crippen molar-refractivity contribution in [3.8, 4) is 11.5 Å². The number of ether oxygens (including phenoxy) is 2. The highest BCUT2D eigenvalue weighted by Gasteiger charge is 2.17. The lowest BCUT2D eigenvalue weighted by Gasteiger charge is -2.20. The summed E-state index contributed by atoms with van der Waals surface area (Å²) in [5, 5.41) is 3.30. The number of pyridine rings is 1. The minimum atomic E-state index is 0.00755. The van der Waals surface area contributed by atoms with E-state index in [1.807, 2.05) is 44.4 Å². The van der Waals surface area contributed by atoms with Crippen LogP contribution in [0.25, 0.3) is 0 Å². The Hall–Kier alpha value is -2.07. The zero-order valence-corrected chi connectivity index (χ0v) is 12.3. The van der Waals surface area contributed by atoms with Gasteiger partial charge in [0.2, 0.25) is 0 Å². The van der Waals surface area contributed by atoms with Gasteiger partial charge in [0, 0.05) is 17.5 Å². The average molecular weight is 272 g/mol. The molecule has 0 radical (unpaired) electrons. The Morgan fingerprint density at radius 2 is 1.90 bits per heavy atom. The molecule has 1 unspecified atom stereocenters. The van der Waals surface area contributed by atoms with Gasteiger partial charge in [0.1, 0.15) is 11.5 Å². The maximum Gasteiger partial charge on any atom is 0.124 e. The summed E-state index contributed by atoms with van der Waals surface area (Å²) in [6, 6.07) is 9.88. The lowest BCUT2D eigenvalue weighted by Crippen LogP contribution is -2.18. The first-order valence-electron chi connectivity index (χ1n) is 6.51. The smallest absolute Gasteiger partial charge is 0.124 e. The zero-order chi connectivity index (χ0) is 14.5. The van der Waals surface area contributed by atoms with Crippen molar-refractivity contribution in [2.75, 3.05) is 21.3 Å². The zero-order valence-electron chi connectivity index (χ0n) is 12.3. The van der Waals surface area contributed by atoms with Gasteiger partial charge in [-0.15, -0.1) is 0 Å². The maximum absolute atomic E-state index is 5.46. The summed E-state index contributed by atoms with van der Waals surface area (Å²) in [5.74, 6) is 1.63. The molecule has 2 rings (SSSR count). The summed E-state index contributed by atoms with van der Waals surface area (Å²) in [4.78, 5) is 4.36. The number of aryl methyl sites for hydroxylation is 1. The van der Waals surface area contributed by atoms with Crippen LogP contribution in [0.5, 0.6) is 11.5 Å². The van der Waals surface area contributed by atoms with E-state index < -0.39 is 0 Å². The summed E-state index contributed by atoms with van der Waals surface area (Å²) in [6.45, 7) is 1.98. The number of aromatic nitrogens is 1. The maximum atomic E-state index is 5.46. The Kier molecular flexibility index (Phi) is 4.58. The van der Waals surface area contributed by atoms with Crippen LogP contribution in [0.15, 0.2) is 36.5 Å². The van der Waals surface area contributed by atoms with Gasteiger partial charge in [-0.2, -0.15) is 0 Å². The third-order valence-electron chi connectivity index (χ3n) is 3.30. The quantitative estimate of drug-likeness (QED) is 0.909. The molecule has 2 aromatic rings. The van der Waals surface area contributed by atoms with E-state index in [-0.39, 0.29) is 6.04 Å². The second-order valence-corrected chi connectivity index (χ2v) is 4.56. The molecule has 1 aromatic carbocycles. The second kappa shape index (κ2) is 6.39. The van der Waals surface area contributed by atoms with Crippen molar-refractivity contribution in [2.45, 2.75) is 13.0 Å². The third kappa shape index (κ3) is 2.91. The van der Waals surface area contributed by atoms with Crippen molar-refractivity contribution < 1.29 is 9.47 Å². The van der Waals surface area contributed by atoms with Gasteiger partial charge in [0.25, 0.3) is 0 Å². The number of methoxy groups -OCH3 is 2. The Balaban J connectivity index is 2.47. The number of rotatable bonds is 5. The average Bonchev–Trinajstić information content (AvgIpc) is 2.49. The van der Waals surface area contributed by atoms with E-state index in [1.165, 1.54) is 0 Å². The molecular formula is C16H20N2O2. The minimum absolute atomic E-state index is 0.00755. The van der Waals surface area contributed by atoms with E-state index in [4.69, 9.17) is 9.47 Å². The largest absolute Gasteiger partial charge is 0.497 e. The van der Waals surface area contributed by atoms with Gasteiger partial charge in [-0.3, -0.25) is 4.98 Å². The summed E-state index contributed by atoms with van der Waals surface area (Å²) < 4.78 is 10.8. The van der Waals surface area contributed by atoms with Crippen LogP contribution in [0, 0.1) is 6.92 Å². The number of hydrogen-bond acceptors (Lipinski definition) is 4. The fraction of sp³-hybridized carbons (Fsp3) is 0.312. The molecule has 0 fully saturated rings. The van der Waals surface area contributed by atoms with E-state index in [2.05, 4.69) is 16.4 Å². The van der Waals surface area contributed by atoms with Crippen LogP contribution in [0.2, 0.25) is 0 Å². The first-order valence-corrected chi connectivity index (χ1v) is 6.51. The highest BCUT2D eigenvalue weighted by atomic mass is 16.5. The Labute approximate surface area is 119 Å². The van der Waals surface area contributed by atoms with Gasteiger partial charge >= 0.3 is 0 Å². The first-order chi connectivity index (χ1) is 9.69. The van der Waals surface area contributed by atoms with Crippen LogP contribution >= 0.6 is 0 Å². The molecule has 0 aliphatic rings. The van der Waals surface area contributed by atoms with Crippen molar-refractivity contribution in [2.24, 2.45) is 0 Å². The van der Waals surface area contributed by atoms with E-state index in [1.54, 1.807) is 14.2 Å². The molecule has 106 valence electrons. The summed E-state index contributed by atoms with van der Waals surface area (Å²) in [6.07, 6.45) is 1.88. The number of benzene rings is 1. The number of hydrogen-bond donors (Lipinski definition) is 1. The number of nitrogens with one attached hydrogen (secondary N) is 1. The van der Waals surface area contributed by atoms with Gasteiger partial charge in [-0.1, -0.05) is 6.07 Å². The van der Waals surface area contributed by atoms with Crippen molar-refractivity contribution in [3.05, 3.63) is 53.3 Å². The summed E-state index contributed by atoms with van der Waals surface area (Å²) in [7, 11) is 5.25. The molecule has 0 aliphatic heterocycles. The molecule has 4 nitrogen and oxygen atoms in total. The SMILES string of the molecule is CNC(c1ccc(C)nc1)c1cc(OC)ccc1OC. The molecule has 1 aromatic heterocycles. The van der Waals surface area contributed by atoms with E-state index in [0.717, 1.165) is 28.3 Å². The van der Waals surface area contributed by atoms with Crippen LogP contribution in [0.4, 0.5) is 0 Å². The highest BCUT2D eigenvalue weighted by Crippen LogP contribution is 2.32. The molecule has 20 heavy (non-hydrogen) atoms. The van der Waals surface area contributed by atoms with Crippen LogP contribution in [0.1, 0.15) is 22.9 Å². The Bertz CT molecular complexity index is 567. The fourth-order valence-corrected chi connectivity index (χ4v) is 2.22. The van der Waals surface area contributed by atoms with Gasteiger partial charge in [0.15, 0.2) is 0 Å². The molecule has 0 saturated carbocycles. The van der Waals surface area contributed by atoms with Gasteiger partial charge in [-0.05, 0) is 43.8 Å². The standard InChI is InChI=1S/C16H20N2O2/c1-11-5-6-12(10-18-11)16(17-2)14-9-13(19-3)7-8-15(14)20-4/h5-10,16-17H,1-4H3. The number of nitrogens with zero attached hydrogens (tertiary/aromatic N) is 1. The second-order valence-electron chi connectivity index (χ2n) is 4.56. The molecule has 0 spiro atoms. The van der Waals surface area contributed by atoms with Gasteiger partial charge in [0.05, 0.1) is 20.3 Å². The van der Waals surface area contributed by atoms with Crippen molar-refractivity contribution in [3.63, 3.8) is 0 Å². The third-order valence-corrected chi connectivity index (χ3v) is 3.30. The topological polar surface area (TPSA) is 43.4 Å². The molecule has 1 heterocycles.